The fourth-order valence-electron chi connectivity index (χ4n) is 2.15. The van der Waals surface area contributed by atoms with Crippen LogP contribution in [-0.4, -0.2) is 71.2 Å². The zero-order valence-corrected chi connectivity index (χ0v) is 13.4. The number of rotatable bonds is 3. The lowest BCUT2D eigenvalue weighted by atomic mass is 10.3. The van der Waals surface area contributed by atoms with Gasteiger partial charge >= 0.3 is 0 Å². The Morgan fingerprint density at radius 2 is 2.00 bits per heavy atom. The van der Waals surface area contributed by atoms with Crippen LogP contribution in [0.25, 0.3) is 0 Å². The van der Waals surface area contributed by atoms with Crippen molar-refractivity contribution in [3.8, 4) is 0 Å². The third-order valence-electron chi connectivity index (χ3n) is 3.52. The Hall–Kier alpha value is -1.60. The molecule has 1 aromatic rings. The zero-order valence-electron chi connectivity index (χ0n) is 12.6. The Morgan fingerprint density at radius 1 is 1.38 bits per heavy atom. The van der Waals surface area contributed by atoms with Crippen LogP contribution in [0.2, 0.25) is 0 Å². The summed E-state index contributed by atoms with van der Waals surface area (Å²) in [7, 11) is 3.42. The van der Waals surface area contributed by atoms with Gasteiger partial charge in [0.1, 0.15) is 0 Å². The van der Waals surface area contributed by atoms with Gasteiger partial charge in [-0.3, -0.25) is 14.3 Å². The van der Waals surface area contributed by atoms with E-state index in [0.29, 0.717) is 18.8 Å². The topological polar surface area (TPSA) is 70.5 Å². The lowest BCUT2D eigenvalue weighted by molar-refractivity contribution is -0.132. The summed E-state index contributed by atoms with van der Waals surface area (Å²) in [5.74, 6) is -0.243. The number of hydrogen-bond donors (Lipinski definition) is 1. The molecule has 1 aromatic heterocycles. The number of nitrogens with one attached hydrogen (secondary N) is 1. The van der Waals surface area contributed by atoms with Crippen molar-refractivity contribution in [2.75, 3.05) is 39.8 Å². The number of amides is 2. The van der Waals surface area contributed by atoms with Crippen LogP contribution in [0.4, 0.5) is 0 Å². The molecule has 2 rings (SSSR count). The molecular formula is C13H22ClN5O2. The third-order valence-corrected chi connectivity index (χ3v) is 3.52. The summed E-state index contributed by atoms with van der Waals surface area (Å²) < 4.78 is 1.65. The van der Waals surface area contributed by atoms with Crippen LogP contribution in [0.15, 0.2) is 6.07 Å². The molecule has 1 aliphatic rings. The SMILES string of the molecule is Cc1cc(C(=O)N(C)CC(=O)N2CCNCC2)nn1C.Cl. The van der Waals surface area contributed by atoms with Gasteiger partial charge in [-0.05, 0) is 13.0 Å². The summed E-state index contributed by atoms with van der Waals surface area (Å²) in [5.41, 5.74) is 1.29. The number of nitrogens with zero attached hydrogens (tertiary/aromatic N) is 4. The van der Waals surface area contributed by atoms with Gasteiger partial charge in [0, 0.05) is 46.0 Å². The minimum absolute atomic E-state index is 0. The molecule has 0 spiro atoms. The third kappa shape index (κ3) is 4.18. The van der Waals surface area contributed by atoms with Gasteiger partial charge in [-0.2, -0.15) is 5.10 Å². The Morgan fingerprint density at radius 3 is 2.52 bits per heavy atom. The number of halogens is 1. The van der Waals surface area contributed by atoms with Gasteiger partial charge in [0.2, 0.25) is 5.91 Å². The predicted molar refractivity (Wildman–Crippen MR) is 81.6 cm³/mol. The number of likely N-dealkylation sites (N-methyl/N-ethyl adjacent to an activating group) is 1. The fraction of sp³-hybridized carbons (Fsp3) is 0.615. The number of piperazine rings is 1. The molecule has 7 nitrogen and oxygen atoms in total. The Balaban J connectivity index is 0.00000220. The summed E-state index contributed by atoms with van der Waals surface area (Å²) in [5, 5.41) is 7.33. The van der Waals surface area contributed by atoms with E-state index in [9.17, 15) is 9.59 Å². The van der Waals surface area contributed by atoms with Crippen LogP contribution >= 0.6 is 12.4 Å². The maximum Gasteiger partial charge on any atom is 0.274 e. The minimum atomic E-state index is -0.225. The first-order chi connectivity index (χ1) is 9.49. The van der Waals surface area contributed by atoms with Crippen molar-refractivity contribution >= 4 is 24.2 Å². The molecule has 0 bridgehead atoms. The summed E-state index contributed by atoms with van der Waals surface area (Å²) in [4.78, 5) is 27.5. The van der Waals surface area contributed by atoms with E-state index in [1.54, 1.807) is 29.7 Å². The van der Waals surface area contributed by atoms with E-state index in [1.165, 1.54) is 4.90 Å². The zero-order chi connectivity index (χ0) is 14.7. The molecule has 2 amide bonds. The average molecular weight is 316 g/mol. The highest BCUT2D eigenvalue weighted by Crippen LogP contribution is 2.05. The van der Waals surface area contributed by atoms with Crippen molar-refractivity contribution in [2.24, 2.45) is 7.05 Å². The molecule has 1 N–H and O–H groups in total. The van der Waals surface area contributed by atoms with E-state index in [-0.39, 0.29) is 30.8 Å². The smallest absolute Gasteiger partial charge is 0.274 e. The minimum Gasteiger partial charge on any atom is -0.339 e. The molecule has 0 saturated carbocycles. The second kappa shape index (κ2) is 7.42. The molecule has 8 heteroatoms. The van der Waals surface area contributed by atoms with Gasteiger partial charge < -0.3 is 15.1 Å². The standard InChI is InChI=1S/C13H21N5O2.ClH/c1-10-8-11(15-17(10)3)13(20)16(2)9-12(19)18-6-4-14-5-7-18;/h8,14H,4-7,9H2,1-3H3;1H. The Kier molecular flexibility index (Phi) is 6.17. The summed E-state index contributed by atoms with van der Waals surface area (Å²) in [6.45, 7) is 4.99. The Labute approximate surface area is 130 Å². The second-order valence-corrected chi connectivity index (χ2v) is 5.09. The van der Waals surface area contributed by atoms with Crippen LogP contribution < -0.4 is 5.32 Å². The number of aryl methyl sites for hydroxylation is 2. The van der Waals surface area contributed by atoms with Crippen molar-refractivity contribution < 1.29 is 9.59 Å². The van der Waals surface area contributed by atoms with Crippen molar-refractivity contribution in [1.82, 2.24) is 24.9 Å². The summed E-state index contributed by atoms with van der Waals surface area (Å²) >= 11 is 0. The number of carbonyl (C=O) groups is 2. The van der Waals surface area contributed by atoms with Crippen LogP contribution in [0.3, 0.4) is 0 Å². The summed E-state index contributed by atoms with van der Waals surface area (Å²) in [6.07, 6.45) is 0. The average Bonchev–Trinajstić information content (AvgIpc) is 2.78. The van der Waals surface area contributed by atoms with E-state index >= 15 is 0 Å². The second-order valence-electron chi connectivity index (χ2n) is 5.09. The fourth-order valence-corrected chi connectivity index (χ4v) is 2.15. The van der Waals surface area contributed by atoms with Gasteiger partial charge in [-0.25, -0.2) is 0 Å². The molecule has 1 saturated heterocycles. The maximum atomic E-state index is 12.2. The van der Waals surface area contributed by atoms with Gasteiger partial charge in [0.05, 0.1) is 6.54 Å². The molecule has 0 radical (unpaired) electrons. The molecule has 0 unspecified atom stereocenters. The van der Waals surface area contributed by atoms with E-state index in [2.05, 4.69) is 10.4 Å². The highest BCUT2D eigenvalue weighted by Gasteiger charge is 2.22. The molecule has 0 aromatic carbocycles. The van der Waals surface area contributed by atoms with Crippen molar-refractivity contribution in [1.29, 1.82) is 0 Å². The maximum absolute atomic E-state index is 12.2. The monoisotopic (exact) mass is 315 g/mol. The van der Waals surface area contributed by atoms with E-state index in [1.807, 2.05) is 6.92 Å². The van der Waals surface area contributed by atoms with Gasteiger partial charge in [-0.15, -0.1) is 12.4 Å². The van der Waals surface area contributed by atoms with Crippen LogP contribution in [0.1, 0.15) is 16.2 Å². The lowest BCUT2D eigenvalue weighted by Gasteiger charge is -2.29. The van der Waals surface area contributed by atoms with Crippen LogP contribution in [-0.2, 0) is 11.8 Å². The highest BCUT2D eigenvalue weighted by molar-refractivity contribution is 5.94. The van der Waals surface area contributed by atoms with E-state index in [4.69, 9.17) is 0 Å². The quantitative estimate of drug-likeness (QED) is 0.828. The van der Waals surface area contributed by atoms with E-state index < -0.39 is 0 Å². The molecule has 118 valence electrons. The summed E-state index contributed by atoms with van der Waals surface area (Å²) in [6, 6.07) is 1.73. The molecule has 1 aliphatic heterocycles. The molecule has 2 heterocycles. The molecule has 21 heavy (non-hydrogen) atoms. The largest absolute Gasteiger partial charge is 0.339 e. The van der Waals surface area contributed by atoms with E-state index in [0.717, 1.165) is 18.8 Å². The first-order valence-corrected chi connectivity index (χ1v) is 6.73. The number of carbonyl (C=O) groups excluding carboxylic acids is 2. The highest BCUT2D eigenvalue weighted by atomic mass is 35.5. The van der Waals surface area contributed by atoms with Crippen LogP contribution in [0.5, 0.6) is 0 Å². The van der Waals surface area contributed by atoms with Gasteiger partial charge in [-0.1, -0.05) is 0 Å². The first kappa shape index (κ1) is 17.5. The normalized spacial score (nSPS) is 14.5. The van der Waals surface area contributed by atoms with Crippen molar-refractivity contribution in [2.45, 2.75) is 6.92 Å². The number of hydrogen-bond acceptors (Lipinski definition) is 4. The predicted octanol–water partition coefficient (Wildman–Crippen LogP) is -0.346. The molecular weight excluding hydrogens is 294 g/mol. The lowest BCUT2D eigenvalue weighted by Crippen LogP contribution is -2.49. The number of aromatic nitrogens is 2. The van der Waals surface area contributed by atoms with Crippen molar-refractivity contribution in [3.63, 3.8) is 0 Å². The molecule has 0 atom stereocenters. The Bertz CT molecular complexity index is 491. The molecule has 1 fully saturated rings. The van der Waals surface area contributed by atoms with Gasteiger partial charge in [0.25, 0.3) is 5.91 Å². The van der Waals surface area contributed by atoms with Crippen LogP contribution in [0, 0.1) is 6.92 Å². The molecule has 0 aliphatic carbocycles. The first-order valence-electron chi connectivity index (χ1n) is 6.73. The van der Waals surface area contributed by atoms with Gasteiger partial charge in [0.15, 0.2) is 5.69 Å². The van der Waals surface area contributed by atoms with Crippen molar-refractivity contribution in [3.05, 3.63) is 17.5 Å².